The lowest BCUT2D eigenvalue weighted by Gasteiger charge is -2.09. The van der Waals surface area contributed by atoms with Crippen LogP contribution in [-0.4, -0.2) is 30.6 Å². The zero-order chi connectivity index (χ0) is 14.2. The molecule has 0 heterocycles. The minimum atomic E-state index is -0.473. The van der Waals surface area contributed by atoms with E-state index in [0.717, 1.165) is 36.0 Å². The highest BCUT2D eigenvalue weighted by Crippen LogP contribution is 2.45. The van der Waals surface area contributed by atoms with Gasteiger partial charge >= 0.3 is 0 Å². The summed E-state index contributed by atoms with van der Waals surface area (Å²) in [4.78, 5) is 0.325. The van der Waals surface area contributed by atoms with Gasteiger partial charge in [0.25, 0.3) is 0 Å². The molecule has 2 aromatic carbocycles. The Morgan fingerprint density at radius 3 is 1.16 bits per heavy atom. The second-order valence-corrected chi connectivity index (χ2v) is 4.80. The Kier molecular flexibility index (Phi) is 3.22. The molecule has 0 unspecified atom stereocenters. The van der Waals surface area contributed by atoms with E-state index < -0.39 is 23.0 Å². The summed E-state index contributed by atoms with van der Waals surface area (Å²) in [5, 5.41) is 56.3. The summed E-state index contributed by atoms with van der Waals surface area (Å²) in [7, 11) is 0. The molecular weight excluding hydrogens is 272 g/mol. The number of rotatable bonds is 2. The van der Waals surface area contributed by atoms with E-state index in [2.05, 4.69) is 0 Å². The maximum absolute atomic E-state index is 9.61. The van der Waals surface area contributed by atoms with Crippen molar-refractivity contribution in [2.75, 3.05) is 0 Å². The van der Waals surface area contributed by atoms with Gasteiger partial charge in [-0.2, -0.15) is 0 Å². The highest BCUT2D eigenvalue weighted by atomic mass is 32.2. The average molecular weight is 282 g/mol. The molecule has 0 fully saturated rings. The van der Waals surface area contributed by atoms with Crippen LogP contribution in [-0.2, 0) is 0 Å². The first-order valence-corrected chi connectivity index (χ1v) is 5.88. The quantitative estimate of drug-likeness (QED) is 0.368. The SMILES string of the molecule is Oc1cc(O)c(Sc2cc(O)c(O)cc2O)cc1O. The Balaban J connectivity index is 2.42. The summed E-state index contributed by atoms with van der Waals surface area (Å²) in [6, 6.07) is 4.13. The van der Waals surface area contributed by atoms with Crippen molar-refractivity contribution in [1.29, 1.82) is 0 Å². The summed E-state index contributed by atoms with van der Waals surface area (Å²) in [6.07, 6.45) is 0. The third-order valence-corrected chi connectivity index (χ3v) is 3.43. The summed E-state index contributed by atoms with van der Waals surface area (Å²) in [5.41, 5.74) is 0. The van der Waals surface area contributed by atoms with E-state index >= 15 is 0 Å². The van der Waals surface area contributed by atoms with Gasteiger partial charge in [-0.15, -0.1) is 0 Å². The molecule has 0 aliphatic rings. The number of benzene rings is 2. The van der Waals surface area contributed by atoms with Gasteiger partial charge in [-0.25, -0.2) is 0 Å². The van der Waals surface area contributed by atoms with Crippen molar-refractivity contribution in [1.82, 2.24) is 0 Å². The monoisotopic (exact) mass is 282 g/mol. The van der Waals surface area contributed by atoms with E-state index in [9.17, 15) is 30.6 Å². The van der Waals surface area contributed by atoms with Crippen LogP contribution in [0.3, 0.4) is 0 Å². The van der Waals surface area contributed by atoms with Crippen LogP contribution < -0.4 is 0 Å². The standard InChI is InChI=1S/C12H10O6S/c13-5-1-9(17)11(3-7(5)15)19-12-4-8(16)6(14)2-10(12)18/h1-4,13-18H. The van der Waals surface area contributed by atoms with Crippen LogP contribution in [0.4, 0.5) is 0 Å². The molecule has 19 heavy (non-hydrogen) atoms. The third kappa shape index (κ3) is 2.55. The van der Waals surface area contributed by atoms with Gasteiger partial charge in [-0.05, 0) is 0 Å². The molecule has 100 valence electrons. The van der Waals surface area contributed by atoms with E-state index in [-0.39, 0.29) is 21.3 Å². The molecule has 2 rings (SSSR count). The number of aromatic hydroxyl groups is 6. The fourth-order valence-corrected chi connectivity index (χ4v) is 2.28. The van der Waals surface area contributed by atoms with Crippen molar-refractivity contribution >= 4 is 11.8 Å². The van der Waals surface area contributed by atoms with Crippen molar-refractivity contribution in [3.8, 4) is 34.5 Å². The lowest BCUT2D eigenvalue weighted by atomic mass is 10.3. The van der Waals surface area contributed by atoms with Crippen LogP contribution in [0.2, 0.25) is 0 Å². The van der Waals surface area contributed by atoms with Crippen LogP contribution in [0.15, 0.2) is 34.1 Å². The maximum Gasteiger partial charge on any atom is 0.161 e. The molecule has 0 aliphatic heterocycles. The Morgan fingerprint density at radius 2 is 0.789 bits per heavy atom. The Morgan fingerprint density at radius 1 is 0.474 bits per heavy atom. The topological polar surface area (TPSA) is 121 Å². The van der Waals surface area contributed by atoms with Crippen LogP contribution >= 0.6 is 11.8 Å². The molecule has 0 aromatic heterocycles. The molecule has 0 bridgehead atoms. The van der Waals surface area contributed by atoms with Crippen LogP contribution in [0, 0.1) is 0 Å². The highest BCUT2D eigenvalue weighted by Gasteiger charge is 2.13. The van der Waals surface area contributed by atoms with E-state index in [1.165, 1.54) is 0 Å². The first-order valence-electron chi connectivity index (χ1n) is 5.06. The zero-order valence-electron chi connectivity index (χ0n) is 9.40. The number of hydrogen-bond donors (Lipinski definition) is 6. The summed E-state index contributed by atoms with van der Waals surface area (Å²) >= 11 is 0.844. The van der Waals surface area contributed by atoms with E-state index in [4.69, 9.17) is 0 Å². The maximum atomic E-state index is 9.61. The predicted octanol–water partition coefficient (Wildman–Crippen LogP) is 2.07. The number of phenolic OH excluding ortho intramolecular Hbond substituents is 6. The average Bonchev–Trinajstić information content (AvgIpc) is 2.32. The molecule has 7 heteroatoms. The smallest absolute Gasteiger partial charge is 0.161 e. The normalized spacial score (nSPS) is 10.5. The van der Waals surface area contributed by atoms with Crippen molar-refractivity contribution in [2.45, 2.75) is 9.79 Å². The fraction of sp³-hybridized carbons (Fsp3) is 0. The molecule has 0 aliphatic carbocycles. The molecule has 0 saturated heterocycles. The summed E-state index contributed by atoms with van der Waals surface area (Å²) in [5.74, 6) is -2.40. The molecule has 0 radical (unpaired) electrons. The summed E-state index contributed by atoms with van der Waals surface area (Å²) in [6.45, 7) is 0. The van der Waals surface area contributed by atoms with Gasteiger partial charge in [-0.3, -0.25) is 0 Å². The molecule has 6 N–H and O–H groups in total. The molecular formula is C12H10O6S. The minimum Gasteiger partial charge on any atom is -0.507 e. The third-order valence-electron chi connectivity index (χ3n) is 2.33. The molecule has 2 aromatic rings. The molecule has 0 saturated carbocycles. The van der Waals surface area contributed by atoms with E-state index in [0.29, 0.717) is 0 Å². The molecule has 0 spiro atoms. The predicted molar refractivity (Wildman–Crippen MR) is 67.0 cm³/mol. The molecule has 0 atom stereocenters. The van der Waals surface area contributed by atoms with Crippen LogP contribution in [0.25, 0.3) is 0 Å². The van der Waals surface area contributed by atoms with Gasteiger partial charge in [0.2, 0.25) is 0 Å². The lowest BCUT2D eigenvalue weighted by molar-refractivity contribution is 0.391. The van der Waals surface area contributed by atoms with E-state index in [1.54, 1.807) is 0 Å². The first-order chi connectivity index (χ1) is 8.88. The van der Waals surface area contributed by atoms with Crippen molar-refractivity contribution in [3.63, 3.8) is 0 Å². The highest BCUT2D eigenvalue weighted by molar-refractivity contribution is 7.99. The van der Waals surface area contributed by atoms with Crippen LogP contribution in [0.5, 0.6) is 34.5 Å². The van der Waals surface area contributed by atoms with Gasteiger partial charge < -0.3 is 30.6 Å². The number of hydrogen-bond acceptors (Lipinski definition) is 7. The lowest BCUT2D eigenvalue weighted by Crippen LogP contribution is -1.79. The molecule has 0 amide bonds. The Labute approximate surface area is 111 Å². The molecule has 6 nitrogen and oxygen atoms in total. The Bertz CT molecular complexity index is 585. The fourth-order valence-electron chi connectivity index (χ4n) is 1.38. The van der Waals surface area contributed by atoms with Crippen molar-refractivity contribution in [3.05, 3.63) is 24.3 Å². The van der Waals surface area contributed by atoms with Gasteiger partial charge in [0.1, 0.15) is 11.5 Å². The van der Waals surface area contributed by atoms with Gasteiger partial charge in [0.15, 0.2) is 23.0 Å². The minimum absolute atomic E-state index is 0.163. The second-order valence-electron chi connectivity index (χ2n) is 3.72. The van der Waals surface area contributed by atoms with E-state index in [1.807, 2.05) is 0 Å². The zero-order valence-corrected chi connectivity index (χ0v) is 10.2. The van der Waals surface area contributed by atoms with Gasteiger partial charge in [-0.1, -0.05) is 11.8 Å². The Hall–Kier alpha value is -2.41. The first kappa shape index (κ1) is 13.0. The van der Waals surface area contributed by atoms with Crippen molar-refractivity contribution < 1.29 is 30.6 Å². The number of phenols is 6. The van der Waals surface area contributed by atoms with Gasteiger partial charge in [0, 0.05) is 24.3 Å². The van der Waals surface area contributed by atoms with Crippen LogP contribution in [0.1, 0.15) is 0 Å². The second kappa shape index (κ2) is 4.69. The summed E-state index contributed by atoms with van der Waals surface area (Å²) < 4.78 is 0. The largest absolute Gasteiger partial charge is 0.507 e. The van der Waals surface area contributed by atoms with Gasteiger partial charge in [0.05, 0.1) is 9.79 Å². The van der Waals surface area contributed by atoms with Crippen molar-refractivity contribution in [2.24, 2.45) is 0 Å².